The van der Waals surface area contributed by atoms with Crippen LogP contribution >= 0.6 is 0 Å². The zero-order valence-electron chi connectivity index (χ0n) is 6.07. The van der Waals surface area contributed by atoms with Gasteiger partial charge in [0.25, 0.3) is 0 Å². The molecule has 34 valence electrons. The van der Waals surface area contributed by atoms with Gasteiger partial charge < -0.3 is 7.96 Å². The second-order valence-corrected chi connectivity index (χ2v) is 0.724. The summed E-state index contributed by atoms with van der Waals surface area (Å²) in [5, 5.41) is 7.88. The van der Waals surface area contributed by atoms with Crippen molar-refractivity contribution in [3.63, 3.8) is 0 Å². The van der Waals surface area contributed by atoms with Gasteiger partial charge in [0, 0.05) is 28.3 Å². The third-order valence-corrected chi connectivity index (χ3v) is 0.224. The van der Waals surface area contributed by atoms with Gasteiger partial charge in [-0.05, 0) is 6.42 Å². The summed E-state index contributed by atoms with van der Waals surface area (Å²) >= 11 is 0. The summed E-state index contributed by atoms with van der Waals surface area (Å²) in [6.07, 6.45) is 0.875. The summed E-state index contributed by atoms with van der Waals surface area (Å²) in [7, 11) is 0. The van der Waals surface area contributed by atoms with Crippen molar-refractivity contribution in [3.05, 3.63) is 0 Å². The molecule has 0 heterocycles. The minimum atomic E-state index is 0. The van der Waals surface area contributed by atoms with Gasteiger partial charge >= 0.3 is 48.9 Å². The average Bonchev–Trinajstić information content (AvgIpc) is 1.37. The largest absolute Gasteiger partial charge is 2.00 e. The molecule has 0 aromatic rings. The van der Waals surface area contributed by atoms with Crippen molar-refractivity contribution in [2.45, 2.75) is 13.3 Å². The predicted octanol–water partition coefficient (Wildman–Crippen LogP) is 0.230. The van der Waals surface area contributed by atoms with Crippen LogP contribution in [-0.4, -0.2) is 60.6 Å². The first-order valence-electron chi connectivity index (χ1n) is 1.52. The van der Waals surface area contributed by atoms with Gasteiger partial charge in [-0.15, -0.1) is 0 Å². The molecular weight excluding hydrogens is 237 g/mol. The maximum absolute atomic E-state index is 7.88. The number of aliphatic hydroxyl groups is 1. The number of hydrogen-bond donors (Lipinski definition) is 1. The second kappa shape index (κ2) is 15.7. The minimum Gasteiger partial charge on any atom is -1.00 e. The molecule has 0 aliphatic carbocycles. The Balaban J connectivity index is -0.00000000750. The maximum Gasteiger partial charge on any atom is 2.00 e. The van der Waals surface area contributed by atoms with Crippen molar-refractivity contribution < 1.29 is 29.7 Å². The molecule has 0 aromatic carbocycles. The van der Waals surface area contributed by atoms with Crippen LogP contribution in [0.25, 0.3) is 0 Å². The van der Waals surface area contributed by atoms with Crippen LogP contribution in [0.2, 0.25) is 0 Å². The Kier molecular flexibility index (Phi) is 41.1. The van der Waals surface area contributed by atoms with Crippen molar-refractivity contribution in [2.75, 3.05) is 6.61 Å². The first-order valence-corrected chi connectivity index (χ1v) is 1.52. The van der Waals surface area contributed by atoms with E-state index in [2.05, 4.69) is 0 Å². The van der Waals surface area contributed by atoms with E-state index in [-0.39, 0.29) is 73.5 Å². The van der Waals surface area contributed by atoms with Crippen molar-refractivity contribution in [1.82, 2.24) is 0 Å². The first-order chi connectivity index (χ1) is 1.91. The molecule has 0 aromatic heterocycles. The van der Waals surface area contributed by atoms with E-state index in [9.17, 15) is 0 Å². The zero-order valence-corrected chi connectivity index (χ0v) is 10.1. The fourth-order valence-electron chi connectivity index (χ4n) is 0. The number of hydrogen-bond acceptors (Lipinski definition) is 1. The molecule has 1 nitrogen and oxygen atoms in total. The monoisotopic (exact) mass is 248 g/mol. The molecular formula is C3H10BaOTi. The van der Waals surface area contributed by atoms with Gasteiger partial charge in [0.05, 0.1) is 0 Å². The van der Waals surface area contributed by atoms with E-state index in [1.165, 1.54) is 0 Å². The van der Waals surface area contributed by atoms with Crippen LogP contribution in [0.15, 0.2) is 0 Å². The Bertz CT molecular complexity index is 19.2. The summed E-state index contributed by atoms with van der Waals surface area (Å²) in [5.41, 5.74) is 0. The van der Waals surface area contributed by atoms with Gasteiger partial charge in [0.15, 0.2) is 0 Å². The maximum atomic E-state index is 7.88. The topological polar surface area (TPSA) is 20.2 Å². The molecule has 0 amide bonds. The molecule has 0 bridgehead atoms. The molecule has 0 aliphatic heterocycles. The third kappa shape index (κ3) is 16.3. The zero-order chi connectivity index (χ0) is 3.41. The molecule has 0 radical (unpaired) electrons. The van der Waals surface area contributed by atoms with E-state index in [4.69, 9.17) is 5.11 Å². The molecule has 0 fully saturated rings. The van der Waals surface area contributed by atoms with Crippen molar-refractivity contribution in [2.24, 2.45) is 0 Å². The van der Waals surface area contributed by atoms with Gasteiger partial charge in [-0.2, -0.15) is 0 Å². The van der Waals surface area contributed by atoms with Crippen molar-refractivity contribution in [3.8, 4) is 0 Å². The molecule has 3 heteroatoms. The minimum absolute atomic E-state index is 0. The molecule has 0 atom stereocenters. The van der Waals surface area contributed by atoms with Gasteiger partial charge in [-0.3, -0.25) is 0 Å². The van der Waals surface area contributed by atoms with Crippen LogP contribution in [-0.2, 0) is 21.7 Å². The van der Waals surface area contributed by atoms with Gasteiger partial charge in [0.2, 0.25) is 0 Å². The SMILES string of the molecule is CCCO.[Ba+2].[H-].[H-].[Ti]. The Morgan fingerprint density at radius 1 is 1.67 bits per heavy atom. The molecule has 0 aliphatic rings. The number of rotatable bonds is 1. The average molecular weight is 247 g/mol. The molecule has 6 heavy (non-hydrogen) atoms. The molecule has 0 saturated heterocycles. The summed E-state index contributed by atoms with van der Waals surface area (Å²) < 4.78 is 0. The van der Waals surface area contributed by atoms with Crippen LogP contribution in [0.5, 0.6) is 0 Å². The number of aliphatic hydroxyl groups excluding tert-OH is 1. The quantitative estimate of drug-likeness (QED) is 0.658. The van der Waals surface area contributed by atoms with E-state index in [1.807, 2.05) is 6.92 Å². The Labute approximate surface area is 96.8 Å². The van der Waals surface area contributed by atoms with Gasteiger partial charge in [-0.1, -0.05) is 6.92 Å². The summed E-state index contributed by atoms with van der Waals surface area (Å²) in [4.78, 5) is 0. The van der Waals surface area contributed by atoms with E-state index in [0.717, 1.165) is 6.42 Å². The Morgan fingerprint density at radius 2 is 1.83 bits per heavy atom. The third-order valence-electron chi connectivity index (χ3n) is 0.224. The Morgan fingerprint density at radius 3 is 1.83 bits per heavy atom. The van der Waals surface area contributed by atoms with E-state index >= 15 is 0 Å². The van der Waals surface area contributed by atoms with Crippen LogP contribution in [0, 0.1) is 0 Å². The molecule has 0 unspecified atom stereocenters. The van der Waals surface area contributed by atoms with Crippen LogP contribution in [0.1, 0.15) is 16.2 Å². The first kappa shape index (κ1) is 15.7. The summed E-state index contributed by atoms with van der Waals surface area (Å²) in [6.45, 7) is 2.25. The smallest absolute Gasteiger partial charge is 1.00 e. The van der Waals surface area contributed by atoms with Crippen LogP contribution < -0.4 is 0 Å². The van der Waals surface area contributed by atoms with E-state index in [1.54, 1.807) is 0 Å². The second-order valence-electron chi connectivity index (χ2n) is 0.724. The summed E-state index contributed by atoms with van der Waals surface area (Å²) in [5.74, 6) is 0. The molecule has 0 spiro atoms. The standard InChI is InChI=1S/C3H8O.Ba.Ti.2H/c1-2-3-4;;;;/h4H,2-3H2,1H3;;;;/q;+2;;2*-1. The normalized spacial score (nSPS) is 5.00. The fraction of sp³-hybridized carbons (Fsp3) is 1.00. The van der Waals surface area contributed by atoms with Crippen LogP contribution in [0.3, 0.4) is 0 Å². The Hall–Kier alpha value is 2.25. The van der Waals surface area contributed by atoms with Gasteiger partial charge in [0.1, 0.15) is 0 Å². The molecule has 0 rings (SSSR count). The van der Waals surface area contributed by atoms with E-state index < -0.39 is 0 Å². The fourth-order valence-corrected chi connectivity index (χ4v) is 0. The van der Waals surface area contributed by atoms with Crippen molar-refractivity contribution >= 4 is 48.9 Å². The van der Waals surface area contributed by atoms with Gasteiger partial charge in [-0.25, -0.2) is 0 Å². The van der Waals surface area contributed by atoms with E-state index in [0.29, 0.717) is 6.61 Å². The molecule has 0 saturated carbocycles. The molecule has 1 N–H and O–H groups in total. The predicted molar refractivity (Wildman–Crippen MR) is 25.4 cm³/mol. The summed E-state index contributed by atoms with van der Waals surface area (Å²) in [6, 6.07) is 0. The van der Waals surface area contributed by atoms with Crippen LogP contribution in [0.4, 0.5) is 0 Å². The van der Waals surface area contributed by atoms with Crippen molar-refractivity contribution in [1.29, 1.82) is 0 Å².